The van der Waals surface area contributed by atoms with E-state index in [0.29, 0.717) is 0 Å². The second-order valence-corrected chi connectivity index (χ2v) is 5.76. The molecule has 2 atom stereocenters. The van der Waals surface area contributed by atoms with Gasteiger partial charge in [-0.2, -0.15) is 4.72 Å². The average molecular weight is 275 g/mol. The van der Waals surface area contributed by atoms with E-state index < -0.39 is 22.0 Å². The molecule has 0 aliphatic heterocycles. The number of sulfonamides is 1. The highest BCUT2D eigenvalue weighted by Gasteiger charge is 2.23. The van der Waals surface area contributed by atoms with E-state index in [1.807, 2.05) is 13.8 Å². The summed E-state index contributed by atoms with van der Waals surface area (Å²) in [6, 6.07) is -1.08. The molecule has 0 aromatic rings. The third-order valence-corrected chi connectivity index (χ3v) is 3.63. The standard InChI is InChI=1S/C12H21NO4S/c1-4-6-7-8-18(16,17)13-11(12(14)15)9-10(3)5-2/h4,6-8,10-11,13H,5,9H2,1-3H3,(H,14,15). The number of aliphatic carboxylic acids is 1. The van der Waals surface area contributed by atoms with E-state index in [1.54, 1.807) is 19.1 Å². The number of allylic oxidation sites excluding steroid dienone is 3. The Morgan fingerprint density at radius 3 is 2.44 bits per heavy atom. The van der Waals surface area contributed by atoms with Gasteiger partial charge in [0.2, 0.25) is 10.0 Å². The van der Waals surface area contributed by atoms with E-state index in [4.69, 9.17) is 5.11 Å². The summed E-state index contributed by atoms with van der Waals surface area (Å²) in [5, 5.41) is 9.95. The van der Waals surface area contributed by atoms with Crippen molar-refractivity contribution in [1.29, 1.82) is 0 Å². The van der Waals surface area contributed by atoms with Crippen LogP contribution in [0.25, 0.3) is 0 Å². The van der Waals surface area contributed by atoms with Crippen molar-refractivity contribution in [2.75, 3.05) is 0 Å². The number of carbonyl (C=O) groups is 1. The molecule has 0 amide bonds. The third kappa shape index (κ3) is 7.24. The van der Waals surface area contributed by atoms with E-state index in [1.165, 1.54) is 6.08 Å². The molecule has 0 aliphatic rings. The fourth-order valence-electron chi connectivity index (χ4n) is 1.27. The molecule has 2 unspecified atom stereocenters. The molecule has 0 fully saturated rings. The highest BCUT2D eigenvalue weighted by Crippen LogP contribution is 2.11. The molecule has 104 valence electrons. The largest absolute Gasteiger partial charge is 0.480 e. The first kappa shape index (κ1) is 16.9. The van der Waals surface area contributed by atoms with Crippen LogP contribution in [0.4, 0.5) is 0 Å². The Labute approximate surface area is 109 Å². The number of rotatable bonds is 8. The number of hydrogen-bond acceptors (Lipinski definition) is 3. The van der Waals surface area contributed by atoms with Crippen LogP contribution in [0, 0.1) is 5.92 Å². The number of carboxylic acid groups (broad SMARTS) is 1. The lowest BCUT2D eigenvalue weighted by Crippen LogP contribution is -2.40. The van der Waals surface area contributed by atoms with Crippen LogP contribution in [0.3, 0.4) is 0 Å². The summed E-state index contributed by atoms with van der Waals surface area (Å²) in [5.41, 5.74) is 0. The molecule has 0 aromatic carbocycles. The van der Waals surface area contributed by atoms with Crippen molar-refractivity contribution in [3.63, 3.8) is 0 Å². The first-order valence-corrected chi connectivity index (χ1v) is 7.41. The van der Waals surface area contributed by atoms with Crippen LogP contribution in [-0.4, -0.2) is 25.5 Å². The normalized spacial score (nSPS) is 16.2. The zero-order chi connectivity index (χ0) is 14.2. The monoisotopic (exact) mass is 275 g/mol. The zero-order valence-corrected chi connectivity index (χ0v) is 11.8. The van der Waals surface area contributed by atoms with Crippen LogP contribution in [-0.2, 0) is 14.8 Å². The van der Waals surface area contributed by atoms with Gasteiger partial charge in [-0.25, -0.2) is 8.42 Å². The van der Waals surface area contributed by atoms with Crippen molar-refractivity contribution >= 4 is 16.0 Å². The lowest BCUT2D eigenvalue weighted by Gasteiger charge is -2.16. The summed E-state index contributed by atoms with van der Waals surface area (Å²) in [4.78, 5) is 11.0. The number of nitrogens with one attached hydrogen (secondary N) is 1. The van der Waals surface area contributed by atoms with Crippen LogP contribution < -0.4 is 4.72 Å². The van der Waals surface area contributed by atoms with Crippen LogP contribution in [0.5, 0.6) is 0 Å². The second kappa shape index (κ2) is 8.05. The van der Waals surface area contributed by atoms with Gasteiger partial charge in [0.05, 0.1) is 0 Å². The van der Waals surface area contributed by atoms with Crippen LogP contribution in [0.15, 0.2) is 23.6 Å². The highest BCUT2D eigenvalue weighted by molar-refractivity contribution is 7.92. The van der Waals surface area contributed by atoms with E-state index in [9.17, 15) is 13.2 Å². The maximum Gasteiger partial charge on any atom is 0.321 e. The summed E-state index contributed by atoms with van der Waals surface area (Å²) in [6.45, 7) is 5.58. The smallest absolute Gasteiger partial charge is 0.321 e. The van der Waals surface area contributed by atoms with Crippen molar-refractivity contribution in [1.82, 2.24) is 4.72 Å². The Morgan fingerprint density at radius 1 is 1.39 bits per heavy atom. The minimum Gasteiger partial charge on any atom is -0.480 e. The molecule has 18 heavy (non-hydrogen) atoms. The summed E-state index contributed by atoms with van der Waals surface area (Å²) < 4.78 is 25.4. The van der Waals surface area contributed by atoms with Gasteiger partial charge in [0.1, 0.15) is 6.04 Å². The quantitative estimate of drug-likeness (QED) is 0.663. The molecule has 0 heterocycles. The average Bonchev–Trinajstić information content (AvgIpc) is 2.27. The topological polar surface area (TPSA) is 83.5 Å². The van der Waals surface area contributed by atoms with Gasteiger partial charge in [0, 0.05) is 5.41 Å². The van der Waals surface area contributed by atoms with E-state index >= 15 is 0 Å². The molecule has 5 nitrogen and oxygen atoms in total. The van der Waals surface area contributed by atoms with Crippen LogP contribution >= 0.6 is 0 Å². The summed E-state index contributed by atoms with van der Waals surface area (Å²) in [5.74, 6) is -1.01. The maximum atomic E-state index is 11.6. The second-order valence-electron chi connectivity index (χ2n) is 4.16. The maximum absolute atomic E-state index is 11.6. The Hall–Kier alpha value is -1.14. The predicted molar refractivity (Wildman–Crippen MR) is 71.5 cm³/mol. The van der Waals surface area contributed by atoms with Gasteiger partial charge in [-0.15, -0.1) is 0 Å². The SMILES string of the molecule is CC=CC=CS(=O)(=O)NC(CC(C)CC)C(=O)O. The van der Waals surface area contributed by atoms with Crippen molar-refractivity contribution in [2.24, 2.45) is 5.92 Å². The Morgan fingerprint density at radius 2 is 2.00 bits per heavy atom. The first-order valence-electron chi connectivity index (χ1n) is 5.86. The molecule has 0 saturated carbocycles. The zero-order valence-electron chi connectivity index (χ0n) is 11.0. The molecule has 0 spiro atoms. The molecule has 6 heteroatoms. The summed E-state index contributed by atoms with van der Waals surface area (Å²) in [6.07, 6.45) is 5.68. The molecule has 0 rings (SSSR count). The molecule has 0 saturated heterocycles. The fourth-order valence-corrected chi connectivity index (χ4v) is 2.24. The van der Waals surface area contributed by atoms with Crippen molar-refractivity contribution in [3.8, 4) is 0 Å². The molecular formula is C12H21NO4S. The molecule has 0 radical (unpaired) electrons. The predicted octanol–water partition coefficient (Wildman–Crippen LogP) is 1.89. The van der Waals surface area contributed by atoms with Crippen LogP contribution in [0.2, 0.25) is 0 Å². The van der Waals surface area contributed by atoms with Crippen molar-refractivity contribution in [3.05, 3.63) is 23.6 Å². The Kier molecular flexibility index (Phi) is 7.54. The number of hydrogen-bond donors (Lipinski definition) is 2. The van der Waals surface area contributed by atoms with Gasteiger partial charge < -0.3 is 5.11 Å². The van der Waals surface area contributed by atoms with Gasteiger partial charge in [-0.05, 0) is 25.3 Å². The molecule has 0 bridgehead atoms. The van der Waals surface area contributed by atoms with Gasteiger partial charge in [0.15, 0.2) is 0 Å². The lowest BCUT2D eigenvalue weighted by atomic mass is 10.0. The van der Waals surface area contributed by atoms with Gasteiger partial charge in [0.25, 0.3) is 0 Å². The molecule has 2 N–H and O–H groups in total. The summed E-state index contributed by atoms with van der Waals surface area (Å²) >= 11 is 0. The van der Waals surface area contributed by atoms with E-state index in [-0.39, 0.29) is 12.3 Å². The van der Waals surface area contributed by atoms with Crippen molar-refractivity contribution < 1.29 is 18.3 Å². The van der Waals surface area contributed by atoms with E-state index in [2.05, 4.69) is 4.72 Å². The van der Waals surface area contributed by atoms with E-state index in [0.717, 1.165) is 11.8 Å². The van der Waals surface area contributed by atoms with Gasteiger partial charge in [-0.1, -0.05) is 32.4 Å². The lowest BCUT2D eigenvalue weighted by molar-refractivity contribution is -0.139. The highest BCUT2D eigenvalue weighted by atomic mass is 32.2. The van der Waals surface area contributed by atoms with Gasteiger partial charge >= 0.3 is 5.97 Å². The first-order chi connectivity index (χ1) is 8.32. The Balaban J connectivity index is 4.72. The van der Waals surface area contributed by atoms with Crippen molar-refractivity contribution in [2.45, 2.75) is 39.7 Å². The minimum absolute atomic E-state index is 0.147. The third-order valence-electron chi connectivity index (χ3n) is 2.50. The number of carboxylic acids is 1. The fraction of sp³-hybridized carbons (Fsp3) is 0.583. The Bertz CT molecular complexity index is 412. The minimum atomic E-state index is -3.71. The molecule has 0 aliphatic carbocycles. The van der Waals surface area contributed by atoms with Crippen LogP contribution in [0.1, 0.15) is 33.6 Å². The van der Waals surface area contributed by atoms with Gasteiger partial charge in [-0.3, -0.25) is 4.79 Å². The molecule has 0 aromatic heterocycles. The summed E-state index contributed by atoms with van der Waals surface area (Å²) in [7, 11) is -3.71. The molecular weight excluding hydrogens is 254 g/mol.